The first-order valence-corrected chi connectivity index (χ1v) is 7.48. The van der Waals surface area contributed by atoms with Crippen molar-refractivity contribution in [2.45, 2.75) is 50.6 Å². The molecule has 2 N–H and O–H groups in total. The summed E-state index contributed by atoms with van der Waals surface area (Å²) in [5.74, 6) is -1.65. The second-order valence-electron chi connectivity index (χ2n) is 5.87. The van der Waals surface area contributed by atoms with Crippen molar-refractivity contribution in [2.75, 3.05) is 13.6 Å². The summed E-state index contributed by atoms with van der Waals surface area (Å²) in [5.41, 5.74) is 6.79. The SMILES string of the molecule is CN(CC(N)c1ccc(F)c(F)c1)C1CCCCCC1. The maximum atomic E-state index is 13.2. The van der Waals surface area contributed by atoms with Crippen molar-refractivity contribution >= 4 is 0 Å². The predicted octanol–water partition coefficient (Wildman–Crippen LogP) is 3.62. The molecule has 0 amide bonds. The van der Waals surface area contributed by atoms with Crippen LogP contribution in [-0.4, -0.2) is 24.5 Å². The highest BCUT2D eigenvalue weighted by Crippen LogP contribution is 2.23. The van der Waals surface area contributed by atoms with Crippen molar-refractivity contribution in [3.05, 3.63) is 35.4 Å². The van der Waals surface area contributed by atoms with Crippen molar-refractivity contribution in [2.24, 2.45) is 5.73 Å². The molecule has 1 aliphatic carbocycles. The number of hydrogen-bond acceptors (Lipinski definition) is 2. The van der Waals surface area contributed by atoms with Crippen LogP contribution in [-0.2, 0) is 0 Å². The normalized spacial score (nSPS) is 19.1. The maximum absolute atomic E-state index is 13.2. The lowest BCUT2D eigenvalue weighted by Gasteiger charge is -2.29. The highest BCUT2D eigenvalue weighted by Gasteiger charge is 2.19. The first kappa shape index (κ1) is 15.4. The van der Waals surface area contributed by atoms with Crippen molar-refractivity contribution in [1.82, 2.24) is 4.90 Å². The Kier molecular flexibility index (Phi) is 5.49. The van der Waals surface area contributed by atoms with Gasteiger partial charge in [-0.2, -0.15) is 0 Å². The van der Waals surface area contributed by atoms with Gasteiger partial charge in [0.05, 0.1) is 0 Å². The molecule has 1 fully saturated rings. The molecule has 0 aromatic heterocycles. The minimum absolute atomic E-state index is 0.279. The van der Waals surface area contributed by atoms with Crippen molar-refractivity contribution < 1.29 is 8.78 Å². The zero-order valence-electron chi connectivity index (χ0n) is 12.1. The third-order valence-electron chi connectivity index (χ3n) is 4.30. The Hall–Kier alpha value is -1.00. The standard InChI is InChI=1S/C16H24F2N2/c1-20(13-6-4-2-3-5-7-13)11-16(19)12-8-9-14(17)15(18)10-12/h8-10,13,16H,2-7,11,19H2,1H3. The number of benzene rings is 1. The van der Waals surface area contributed by atoms with Gasteiger partial charge < -0.3 is 10.6 Å². The van der Waals surface area contributed by atoms with Gasteiger partial charge in [0.25, 0.3) is 0 Å². The van der Waals surface area contributed by atoms with Crippen LogP contribution in [0.25, 0.3) is 0 Å². The summed E-state index contributed by atoms with van der Waals surface area (Å²) in [6.45, 7) is 0.676. The van der Waals surface area contributed by atoms with E-state index in [1.807, 2.05) is 0 Å². The number of rotatable bonds is 4. The van der Waals surface area contributed by atoms with Crippen LogP contribution in [0, 0.1) is 11.6 Å². The van der Waals surface area contributed by atoms with Crippen LogP contribution in [0.4, 0.5) is 8.78 Å². The van der Waals surface area contributed by atoms with E-state index in [2.05, 4.69) is 11.9 Å². The lowest BCUT2D eigenvalue weighted by molar-refractivity contribution is 0.209. The van der Waals surface area contributed by atoms with Crippen LogP contribution in [0.3, 0.4) is 0 Å². The third-order valence-corrected chi connectivity index (χ3v) is 4.30. The molecule has 0 radical (unpaired) electrons. The molecule has 2 nitrogen and oxygen atoms in total. The fraction of sp³-hybridized carbons (Fsp3) is 0.625. The molecule has 1 aliphatic rings. The van der Waals surface area contributed by atoms with Gasteiger partial charge in [-0.25, -0.2) is 8.78 Å². The van der Waals surface area contributed by atoms with E-state index in [1.165, 1.54) is 44.6 Å². The summed E-state index contributed by atoms with van der Waals surface area (Å²) in [4.78, 5) is 2.28. The molecule has 20 heavy (non-hydrogen) atoms. The lowest BCUT2D eigenvalue weighted by Crippen LogP contribution is -2.37. The average molecular weight is 282 g/mol. The second-order valence-corrected chi connectivity index (χ2v) is 5.87. The van der Waals surface area contributed by atoms with E-state index in [1.54, 1.807) is 6.07 Å². The Morgan fingerprint density at radius 1 is 1.15 bits per heavy atom. The molecule has 1 saturated carbocycles. The molecule has 0 heterocycles. The van der Waals surface area contributed by atoms with Crippen LogP contribution in [0.1, 0.15) is 50.1 Å². The Morgan fingerprint density at radius 3 is 2.40 bits per heavy atom. The maximum Gasteiger partial charge on any atom is 0.159 e. The molecule has 0 aliphatic heterocycles. The molecule has 0 spiro atoms. The number of hydrogen-bond donors (Lipinski definition) is 1. The van der Waals surface area contributed by atoms with E-state index in [9.17, 15) is 8.78 Å². The van der Waals surface area contributed by atoms with E-state index in [0.29, 0.717) is 18.2 Å². The quantitative estimate of drug-likeness (QED) is 0.855. The molecular formula is C16H24F2N2. The minimum atomic E-state index is -0.824. The predicted molar refractivity (Wildman–Crippen MR) is 77.4 cm³/mol. The van der Waals surface area contributed by atoms with Crippen molar-refractivity contribution in [1.29, 1.82) is 0 Å². The highest BCUT2D eigenvalue weighted by molar-refractivity contribution is 5.21. The monoisotopic (exact) mass is 282 g/mol. The van der Waals surface area contributed by atoms with E-state index in [-0.39, 0.29) is 6.04 Å². The Balaban J connectivity index is 1.95. The smallest absolute Gasteiger partial charge is 0.159 e. The number of nitrogens with zero attached hydrogens (tertiary/aromatic N) is 1. The van der Waals surface area contributed by atoms with Crippen molar-refractivity contribution in [3.8, 4) is 0 Å². The number of likely N-dealkylation sites (N-methyl/N-ethyl adjacent to an activating group) is 1. The van der Waals surface area contributed by atoms with Gasteiger partial charge in [0.2, 0.25) is 0 Å². The zero-order valence-corrected chi connectivity index (χ0v) is 12.1. The molecule has 2 rings (SSSR count). The summed E-state index contributed by atoms with van der Waals surface area (Å²) >= 11 is 0. The Labute approximate surface area is 120 Å². The fourth-order valence-corrected chi connectivity index (χ4v) is 3.01. The van der Waals surface area contributed by atoms with E-state index in [0.717, 1.165) is 6.07 Å². The first-order chi connectivity index (χ1) is 9.58. The average Bonchev–Trinajstić information content (AvgIpc) is 2.70. The van der Waals surface area contributed by atoms with Crippen LogP contribution in [0.15, 0.2) is 18.2 Å². The van der Waals surface area contributed by atoms with Gasteiger partial charge >= 0.3 is 0 Å². The van der Waals surface area contributed by atoms with Crippen LogP contribution in [0.2, 0.25) is 0 Å². The first-order valence-electron chi connectivity index (χ1n) is 7.48. The number of halogens is 2. The molecular weight excluding hydrogens is 258 g/mol. The van der Waals surface area contributed by atoms with Crippen LogP contribution >= 0.6 is 0 Å². The summed E-state index contributed by atoms with van der Waals surface area (Å²) in [5, 5.41) is 0. The van der Waals surface area contributed by atoms with Gasteiger partial charge in [0.15, 0.2) is 11.6 Å². The number of nitrogens with two attached hydrogens (primary N) is 1. The molecule has 0 saturated heterocycles. The molecule has 1 aromatic rings. The van der Waals surface area contributed by atoms with E-state index < -0.39 is 11.6 Å². The summed E-state index contributed by atoms with van der Waals surface area (Å²) < 4.78 is 26.2. The Bertz CT molecular complexity index is 428. The van der Waals surface area contributed by atoms with Crippen LogP contribution in [0.5, 0.6) is 0 Å². The van der Waals surface area contributed by atoms with Gasteiger partial charge in [-0.05, 0) is 37.6 Å². The van der Waals surface area contributed by atoms with Crippen LogP contribution < -0.4 is 5.73 Å². The van der Waals surface area contributed by atoms with Gasteiger partial charge in [-0.1, -0.05) is 31.7 Å². The third kappa shape index (κ3) is 4.00. The summed E-state index contributed by atoms with van der Waals surface area (Å²) in [6.07, 6.45) is 7.60. The topological polar surface area (TPSA) is 29.3 Å². The lowest BCUT2D eigenvalue weighted by atomic mass is 10.0. The van der Waals surface area contributed by atoms with E-state index >= 15 is 0 Å². The van der Waals surface area contributed by atoms with E-state index in [4.69, 9.17) is 5.73 Å². The Morgan fingerprint density at radius 2 is 1.80 bits per heavy atom. The molecule has 1 aromatic carbocycles. The second kappa shape index (κ2) is 7.14. The van der Waals surface area contributed by atoms with Gasteiger partial charge in [0.1, 0.15) is 0 Å². The zero-order chi connectivity index (χ0) is 14.5. The van der Waals surface area contributed by atoms with Crippen molar-refractivity contribution in [3.63, 3.8) is 0 Å². The minimum Gasteiger partial charge on any atom is -0.323 e. The van der Waals surface area contributed by atoms with Gasteiger partial charge in [-0.3, -0.25) is 0 Å². The summed E-state index contributed by atoms with van der Waals surface area (Å²) in [7, 11) is 2.08. The molecule has 4 heteroatoms. The molecule has 1 atom stereocenters. The van der Waals surface area contributed by atoms with Gasteiger partial charge in [0, 0.05) is 18.6 Å². The highest BCUT2D eigenvalue weighted by atomic mass is 19.2. The summed E-state index contributed by atoms with van der Waals surface area (Å²) in [6, 6.07) is 4.22. The molecule has 112 valence electrons. The van der Waals surface area contributed by atoms with Gasteiger partial charge in [-0.15, -0.1) is 0 Å². The fourth-order valence-electron chi connectivity index (χ4n) is 3.01. The largest absolute Gasteiger partial charge is 0.323 e. The molecule has 0 bridgehead atoms. The molecule has 1 unspecified atom stereocenters.